The van der Waals surface area contributed by atoms with Gasteiger partial charge in [0, 0.05) is 0 Å². The summed E-state index contributed by atoms with van der Waals surface area (Å²) in [7, 11) is 0. The first-order valence-corrected chi connectivity index (χ1v) is 7.08. The van der Waals surface area contributed by atoms with Gasteiger partial charge in [-0.3, -0.25) is 4.79 Å². The van der Waals surface area contributed by atoms with Crippen molar-refractivity contribution in [1.29, 1.82) is 5.26 Å². The zero-order valence-corrected chi connectivity index (χ0v) is 13.6. The van der Waals surface area contributed by atoms with Crippen LogP contribution >= 0.6 is 0 Å². The largest absolute Gasteiger partial charge is 0.464 e. The van der Waals surface area contributed by atoms with Crippen molar-refractivity contribution in [2.24, 2.45) is 16.2 Å². The molecule has 0 heterocycles. The fourth-order valence-corrected chi connectivity index (χ4v) is 2.12. The Bertz CT molecular complexity index is 341. The lowest BCUT2D eigenvalue weighted by Crippen LogP contribution is -2.45. The van der Waals surface area contributed by atoms with Gasteiger partial charge in [-0.25, -0.2) is 0 Å². The van der Waals surface area contributed by atoms with E-state index in [-0.39, 0.29) is 11.4 Å². The Hall–Kier alpha value is -1.04. The van der Waals surface area contributed by atoms with Crippen molar-refractivity contribution in [3.63, 3.8) is 0 Å². The summed E-state index contributed by atoms with van der Waals surface area (Å²) in [4.78, 5) is 12.5. The van der Waals surface area contributed by atoms with Gasteiger partial charge in [0.05, 0.1) is 12.7 Å². The molecule has 0 fully saturated rings. The topological polar surface area (TPSA) is 50.1 Å². The van der Waals surface area contributed by atoms with Gasteiger partial charge in [0.25, 0.3) is 0 Å². The molecule has 0 aliphatic rings. The van der Waals surface area contributed by atoms with Crippen molar-refractivity contribution in [2.75, 3.05) is 6.61 Å². The van der Waals surface area contributed by atoms with Gasteiger partial charge >= 0.3 is 5.97 Å². The molecule has 0 radical (unpaired) electrons. The van der Waals surface area contributed by atoms with Gasteiger partial charge in [-0.1, -0.05) is 54.9 Å². The van der Waals surface area contributed by atoms with Crippen LogP contribution in [0, 0.1) is 27.6 Å². The second kappa shape index (κ2) is 6.41. The minimum atomic E-state index is -1.08. The molecule has 0 aromatic rings. The highest BCUT2D eigenvalue weighted by atomic mass is 16.5. The maximum Gasteiger partial charge on any atom is 0.327 e. The molecule has 0 bridgehead atoms. The second-order valence-electron chi connectivity index (χ2n) is 7.49. The summed E-state index contributed by atoms with van der Waals surface area (Å²) in [5.41, 5.74) is -1.63. The van der Waals surface area contributed by atoms with Crippen molar-refractivity contribution in [3.8, 4) is 6.07 Å². The summed E-state index contributed by atoms with van der Waals surface area (Å²) < 4.78 is 5.35. The lowest BCUT2D eigenvalue weighted by Gasteiger charge is -2.40. The molecule has 110 valence electrons. The molecular weight excluding hydrogens is 238 g/mol. The lowest BCUT2D eigenvalue weighted by atomic mass is 9.61. The Balaban J connectivity index is 5.28. The van der Waals surface area contributed by atoms with E-state index in [0.29, 0.717) is 13.0 Å². The lowest BCUT2D eigenvalue weighted by molar-refractivity contribution is -0.160. The van der Waals surface area contributed by atoms with Crippen molar-refractivity contribution < 1.29 is 9.53 Å². The van der Waals surface area contributed by atoms with Crippen LogP contribution in [0.15, 0.2) is 0 Å². The Kier molecular flexibility index (Phi) is 6.06. The van der Waals surface area contributed by atoms with Crippen molar-refractivity contribution in [1.82, 2.24) is 0 Å². The Morgan fingerprint density at radius 3 is 2.00 bits per heavy atom. The van der Waals surface area contributed by atoms with E-state index in [0.717, 1.165) is 12.8 Å². The van der Waals surface area contributed by atoms with Crippen LogP contribution < -0.4 is 0 Å². The third kappa shape index (κ3) is 4.86. The molecule has 3 heteroatoms. The predicted octanol–water partition coefficient (Wildman–Crippen LogP) is 4.32. The number of esters is 1. The molecule has 0 aliphatic heterocycles. The maximum absolute atomic E-state index is 12.5. The van der Waals surface area contributed by atoms with Crippen LogP contribution in [0.5, 0.6) is 0 Å². The highest BCUT2D eigenvalue weighted by molar-refractivity contribution is 5.81. The average Bonchev–Trinajstić information content (AvgIpc) is 2.23. The van der Waals surface area contributed by atoms with Crippen LogP contribution in [0.25, 0.3) is 0 Å². The molecule has 0 rings (SSSR count). The molecule has 0 amide bonds. The maximum atomic E-state index is 12.5. The molecule has 0 aliphatic carbocycles. The fourth-order valence-electron chi connectivity index (χ4n) is 2.12. The Morgan fingerprint density at radius 1 is 1.16 bits per heavy atom. The van der Waals surface area contributed by atoms with Gasteiger partial charge in [0.2, 0.25) is 0 Å². The molecule has 0 aromatic heterocycles. The van der Waals surface area contributed by atoms with E-state index in [9.17, 15) is 10.1 Å². The first-order valence-electron chi connectivity index (χ1n) is 7.08. The smallest absolute Gasteiger partial charge is 0.327 e. The molecule has 0 N–H and O–H groups in total. The fraction of sp³-hybridized carbons (Fsp3) is 0.875. The van der Waals surface area contributed by atoms with Crippen LogP contribution in [0.3, 0.4) is 0 Å². The number of hydrogen-bond acceptors (Lipinski definition) is 3. The standard InChI is InChI=1S/C16H29NO2/c1-8-9-10-19-13(18)16(12-17,15(5,6)7)11-14(2,3)4/h8-11H2,1-7H3. The monoisotopic (exact) mass is 267 g/mol. The first kappa shape index (κ1) is 18.0. The van der Waals surface area contributed by atoms with Crippen LogP contribution in [0.4, 0.5) is 0 Å². The summed E-state index contributed by atoms with van der Waals surface area (Å²) in [6, 6.07) is 2.26. The third-order valence-corrected chi connectivity index (χ3v) is 3.35. The SMILES string of the molecule is CCCCOC(=O)C(C#N)(CC(C)(C)C)C(C)(C)C. The van der Waals surface area contributed by atoms with Crippen LogP contribution in [-0.4, -0.2) is 12.6 Å². The van der Waals surface area contributed by atoms with Crippen LogP contribution in [-0.2, 0) is 9.53 Å². The zero-order chi connectivity index (χ0) is 15.3. The molecule has 0 aromatic carbocycles. The highest BCUT2D eigenvalue weighted by Gasteiger charge is 2.52. The number of carbonyl (C=O) groups excluding carboxylic acids is 1. The number of unbranched alkanes of at least 4 members (excludes halogenated alkanes) is 1. The Labute approximate surface area is 118 Å². The number of hydrogen-bond donors (Lipinski definition) is 0. The van der Waals surface area contributed by atoms with Crippen molar-refractivity contribution in [2.45, 2.75) is 67.7 Å². The van der Waals surface area contributed by atoms with E-state index in [2.05, 4.69) is 6.07 Å². The number of ether oxygens (including phenoxy) is 1. The van der Waals surface area contributed by atoms with Crippen LogP contribution in [0.2, 0.25) is 0 Å². The van der Waals surface area contributed by atoms with Crippen molar-refractivity contribution >= 4 is 5.97 Å². The minimum absolute atomic E-state index is 0.104. The highest BCUT2D eigenvalue weighted by Crippen LogP contribution is 2.47. The van der Waals surface area contributed by atoms with E-state index in [4.69, 9.17) is 4.74 Å². The van der Waals surface area contributed by atoms with Gasteiger partial charge in [-0.15, -0.1) is 0 Å². The van der Waals surface area contributed by atoms with Crippen LogP contribution in [0.1, 0.15) is 67.7 Å². The third-order valence-electron chi connectivity index (χ3n) is 3.35. The number of nitrogens with zero attached hydrogens (tertiary/aromatic N) is 1. The van der Waals surface area contributed by atoms with E-state index >= 15 is 0 Å². The average molecular weight is 267 g/mol. The molecule has 0 saturated heterocycles. The summed E-state index contributed by atoms with van der Waals surface area (Å²) in [6.45, 7) is 14.4. The summed E-state index contributed by atoms with van der Waals surface area (Å²) in [6.07, 6.45) is 2.32. The normalized spacial score (nSPS) is 15.5. The molecule has 3 nitrogen and oxygen atoms in total. The van der Waals surface area contributed by atoms with E-state index < -0.39 is 10.8 Å². The van der Waals surface area contributed by atoms with Gasteiger partial charge in [0.15, 0.2) is 5.41 Å². The van der Waals surface area contributed by atoms with Gasteiger partial charge in [-0.2, -0.15) is 5.26 Å². The Morgan fingerprint density at radius 2 is 1.68 bits per heavy atom. The summed E-state index contributed by atoms with van der Waals surface area (Å²) in [5.74, 6) is -0.370. The number of nitriles is 1. The zero-order valence-electron chi connectivity index (χ0n) is 13.6. The number of carbonyl (C=O) groups is 1. The van der Waals surface area contributed by atoms with Gasteiger partial charge in [-0.05, 0) is 23.7 Å². The van der Waals surface area contributed by atoms with Crippen molar-refractivity contribution in [3.05, 3.63) is 0 Å². The number of rotatable bonds is 5. The summed E-state index contributed by atoms with van der Waals surface area (Å²) >= 11 is 0. The van der Waals surface area contributed by atoms with E-state index in [1.54, 1.807) is 0 Å². The molecule has 0 spiro atoms. The quantitative estimate of drug-likeness (QED) is 0.550. The second-order valence-corrected chi connectivity index (χ2v) is 7.49. The molecule has 0 saturated carbocycles. The van der Waals surface area contributed by atoms with E-state index in [1.807, 2.05) is 48.5 Å². The molecule has 1 atom stereocenters. The van der Waals surface area contributed by atoms with Gasteiger partial charge in [0.1, 0.15) is 0 Å². The first-order chi connectivity index (χ1) is 8.50. The summed E-state index contributed by atoms with van der Waals surface area (Å²) in [5, 5.41) is 9.65. The molecular formula is C16H29NO2. The predicted molar refractivity (Wildman–Crippen MR) is 77.4 cm³/mol. The molecule has 1 unspecified atom stereocenters. The molecule has 19 heavy (non-hydrogen) atoms. The van der Waals surface area contributed by atoms with Gasteiger partial charge < -0.3 is 4.74 Å². The minimum Gasteiger partial charge on any atom is -0.464 e. The van der Waals surface area contributed by atoms with E-state index in [1.165, 1.54) is 0 Å².